The molecule has 0 aliphatic heterocycles. The summed E-state index contributed by atoms with van der Waals surface area (Å²) in [5, 5.41) is 11.5. The third kappa shape index (κ3) is 7.33. The summed E-state index contributed by atoms with van der Waals surface area (Å²) in [6.45, 7) is 0.0222. The highest BCUT2D eigenvalue weighted by Crippen LogP contribution is 2.18. The van der Waals surface area contributed by atoms with Gasteiger partial charge in [-0.05, 0) is 60.5 Å². The van der Waals surface area contributed by atoms with Gasteiger partial charge >= 0.3 is 0 Å². The zero-order valence-electron chi connectivity index (χ0n) is 19.5. The van der Waals surface area contributed by atoms with E-state index in [9.17, 15) is 14.4 Å². The summed E-state index contributed by atoms with van der Waals surface area (Å²) >= 11 is 0. The molecule has 4 aromatic rings. The van der Waals surface area contributed by atoms with Gasteiger partial charge in [-0.1, -0.05) is 42.5 Å². The molecule has 3 amide bonds. The van der Waals surface area contributed by atoms with Crippen LogP contribution < -0.4 is 21.3 Å². The van der Waals surface area contributed by atoms with Crippen LogP contribution in [0.3, 0.4) is 0 Å². The second-order valence-electron chi connectivity index (χ2n) is 8.03. The van der Waals surface area contributed by atoms with Gasteiger partial charge in [-0.2, -0.15) is 0 Å². The van der Waals surface area contributed by atoms with Gasteiger partial charge in [0.05, 0.1) is 12.8 Å². The Kier molecular flexibility index (Phi) is 8.11. The number of anilines is 4. The van der Waals surface area contributed by atoms with Crippen LogP contribution in [-0.4, -0.2) is 24.3 Å². The number of carbonyl (C=O) groups is 3. The number of benzene rings is 3. The first-order valence-electron chi connectivity index (χ1n) is 11.5. The molecule has 3 aromatic carbocycles. The number of amides is 3. The fourth-order valence-electron chi connectivity index (χ4n) is 3.50. The predicted molar refractivity (Wildman–Crippen MR) is 140 cm³/mol. The van der Waals surface area contributed by atoms with Crippen molar-refractivity contribution in [2.24, 2.45) is 0 Å². The molecule has 0 atom stereocenters. The molecular formula is C28H26N4O4. The number of rotatable bonds is 10. The maximum atomic E-state index is 12.4. The highest BCUT2D eigenvalue weighted by molar-refractivity contribution is 6.03. The Balaban J connectivity index is 1.24. The smallest absolute Gasteiger partial charge is 0.291 e. The van der Waals surface area contributed by atoms with E-state index in [0.29, 0.717) is 35.6 Å². The quantitative estimate of drug-likeness (QED) is 0.250. The van der Waals surface area contributed by atoms with Crippen molar-refractivity contribution in [2.75, 3.05) is 27.8 Å². The van der Waals surface area contributed by atoms with E-state index in [1.807, 2.05) is 36.4 Å². The van der Waals surface area contributed by atoms with Crippen molar-refractivity contribution >= 4 is 40.5 Å². The van der Waals surface area contributed by atoms with E-state index in [1.54, 1.807) is 54.6 Å². The monoisotopic (exact) mass is 482 g/mol. The van der Waals surface area contributed by atoms with Crippen LogP contribution in [0.25, 0.3) is 0 Å². The molecule has 4 rings (SSSR count). The van der Waals surface area contributed by atoms with Crippen LogP contribution >= 0.6 is 0 Å². The summed E-state index contributed by atoms with van der Waals surface area (Å²) in [6, 6.07) is 27.1. The van der Waals surface area contributed by atoms with E-state index in [-0.39, 0.29) is 30.0 Å². The van der Waals surface area contributed by atoms with Crippen molar-refractivity contribution in [3.63, 3.8) is 0 Å². The minimum Gasteiger partial charge on any atom is -0.459 e. The lowest BCUT2D eigenvalue weighted by molar-refractivity contribution is -0.116. The number of aryl methyl sites for hydroxylation is 1. The van der Waals surface area contributed by atoms with Crippen LogP contribution in [-0.2, 0) is 16.0 Å². The van der Waals surface area contributed by atoms with Gasteiger partial charge in [-0.25, -0.2) is 0 Å². The SMILES string of the molecule is O=C(CCc1ccccc1)Nc1cccc(NCC(=O)Nc2cccc(NC(=O)c3ccco3)c2)c1. The molecule has 0 saturated carbocycles. The Morgan fingerprint density at radius 3 is 1.97 bits per heavy atom. The van der Waals surface area contributed by atoms with Crippen molar-refractivity contribution < 1.29 is 18.8 Å². The number of carbonyl (C=O) groups excluding carboxylic acids is 3. The second kappa shape index (κ2) is 12.0. The van der Waals surface area contributed by atoms with Gasteiger partial charge in [0.1, 0.15) is 0 Å². The fraction of sp³-hybridized carbons (Fsp3) is 0.107. The second-order valence-corrected chi connectivity index (χ2v) is 8.03. The number of hydrogen-bond acceptors (Lipinski definition) is 5. The Morgan fingerprint density at radius 1 is 0.639 bits per heavy atom. The lowest BCUT2D eigenvalue weighted by atomic mass is 10.1. The molecule has 0 unspecified atom stereocenters. The van der Waals surface area contributed by atoms with Crippen LogP contribution in [0.2, 0.25) is 0 Å². The summed E-state index contributed by atoms with van der Waals surface area (Å²) < 4.78 is 5.08. The van der Waals surface area contributed by atoms with Crippen molar-refractivity contribution in [2.45, 2.75) is 12.8 Å². The first-order valence-corrected chi connectivity index (χ1v) is 11.5. The molecule has 8 heteroatoms. The summed E-state index contributed by atoms with van der Waals surface area (Å²) in [4.78, 5) is 36.9. The molecule has 36 heavy (non-hydrogen) atoms. The van der Waals surface area contributed by atoms with Gasteiger partial charge in [-0.15, -0.1) is 0 Å². The van der Waals surface area contributed by atoms with Crippen LogP contribution in [0.4, 0.5) is 22.7 Å². The molecular weight excluding hydrogens is 456 g/mol. The Bertz CT molecular complexity index is 1320. The third-order valence-corrected chi connectivity index (χ3v) is 5.23. The molecule has 0 fully saturated rings. The van der Waals surface area contributed by atoms with E-state index in [2.05, 4.69) is 21.3 Å². The summed E-state index contributed by atoms with van der Waals surface area (Å²) in [7, 11) is 0. The summed E-state index contributed by atoms with van der Waals surface area (Å²) in [5.41, 5.74) is 3.53. The molecule has 1 aromatic heterocycles. The molecule has 0 bridgehead atoms. The van der Waals surface area contributed by atoms with Gasteiger partial charge in [0.15, 0.2) is 5.76 Å². The van der Waals surface area contributed by atoms with Crippen LogP contribution in [0.15, 0.2) is 102 Å². The van der Waals surface area contributed by atoms with Gasteiger partial charge in [0.2, 0.25) is 11.8 Å². The summed E-state index contributed by atoms with van der Waals surface area (Å²) in [6.07, 6.45) is 2.47. The van der Waals surface area contributed by atoms with E-state index in [4.69, 9.17) is 4.42 Å². The third-order valence-electron chi connectivity index (χ3n) is 5.23. The van der Waals surface area contributed by atoms with Gasteiger partial charge < -0.3 is 25.7 Å². The standard InChI is InChI=1S/C28H26N4O4/c33-26(15-14-20-7-2-1-3-8-20)30-22-10-4-9-21(17-22)29-19-27(34)31-23-11-5-12-24(18-23)32-28(35)25-13-6-16-36-25/h1-13,16-18,29H,14-15,19H2,(H,30,33)(H,31,34)(H,32,35). The normalized spacial score (nSPS) is 10.3. The topological polar surface area (TPSA) is 112 Å². The van der Waals surface area contributed by atoms with E-state index < -0.39 is 0 Å². The molecule has 0 spiro atoms. The van der Waals surface area contributed by atoms with Gasteiger partial charge in [-0.3, -0.25) is 14.4 Å². The molecule has 182 valence electrons. The minimum absolute atomic E-state index is 0.0222. The molecule has 0 aliphatic rings. The van der Waals surface area contributed by atoms with Crippen LogP contribution in [0, 0.1) is 0 Å². The lowest BCUT2D eigenvalue weighted by Crippen LogP contribution is -2.22. The van der Waals surface area contributed by atoms with Gasteiger partial charge in [0, 0.05) is 29.2 Å². The molecule has 8 nitrogen and oxygen atoms in total. The first-order chi connectivity index (χ1) is 17.5. The fourth-order valence-corrected chi connectivity index (χ4v) is 3.50. The first kappa shape index (κ1) is 24.3. The maximum absolute atomic E-state index is 12.4. The lowest BCUT2D eigenvalue weighted by Gasteiger charge is -2.11. The zero-order chi connectivity index (χ0) is 25.2. The zero-order valence-corrected chi connectivity index (χ0v) is 19.5. The summed E-state index contributed by atoms with van der Waals surface area (Å²) in [5.74, 6) is -0.519. The Hall–Kier alpha value is -4.85. The number of nitrogens with one attached hydrogen (secondary N) is 4. The predicted octanol–water partition coefficient (Wildman–Crippen LogP) is 5.15. The highest BCUT2D eigenvalue weighted by Gasteiger charge is 2.10. The van der Waals surface area contributed by atoms with Gasteiger partial charge in [0.25, 0.3) is 5.91 Å². The van der Waals surface area contributed by atoms with Crippen molar-refractivity contribution in [3.8, 4) is 0 Å². The average Bonchev–Trinajstić information content (AvgIpc) is 3.43. The number of furan rings is 1. The van der Waals surface area contributed by atoms with Crippen molar-refractivity contribution in [3.05, 3.63) is 109 Å². The average molecular weight is 483 g/mol. The van der Waals surface area contributed by atoms with Crippen molar-refractivity contribution in [1.29, 1.82) is 0 Å². The molecule has 0 aliphatic carbocycles. The van der Waals surface area contributed by atoms with Crippen LogP contribution in [0.1, 0.15) is 22.5 Å². The Morgan fingerprint density at radius 2 is 1.28 bits per heavy atom. The molecule has 0 radical (unpaired) electrons. The molecule has 1 heterocycles. The number of hydrogen-bond donors (Lipinski definition) is 4. The van der Waals surface area contributed by atoms with E-state index in [0.717, 1.165) is 5.56 Å². The van der Waals surface area contributed by atoms with Crippen molar-refractivity contribution in [1.82, 2.24) is 0 Å². The highest BCUT2D eigenvalue weighted by atomic mass is 16.3. The molecule has 0 saturated heterocycles. The van der Waals surface area contributed by atoms with E-state index >= 15 is 0 Å². The molecule has 4 N–H and O–H groups in total. The minimum atomic E-state index is -0.378. The largest absolute Gasteiger partial charge is 0.459 e. The van der Waals surface area contributed by atoms with E-state index in [1.165, 1.54) is 6.26 Å². The Labute approximate surface area is 208 Å². The maximum Gasteiger partial charge on any atom is 0.291 e. The van der Waals surface area contributed by atoms with Crippen LogP contribution in [0.5, 0.6) is 0 Å².